The zero-order valence-electron chi connectivity index (χ0n) is 5.73. The van der Waals surface area contributed by atoms with Crippen LogP contribution >= 0.6 is 0 Å². The molecule has 1 atom stereocenters. The van der Waals surface area contributed by atoms with E-state index in [1.54, 1.807) is 24.5 Å². The van der Waals surface area contributed by atoms with Crippen molar-refractivity contribution in [2.45, 2.75) is 0 Å². The highest BCUT2D eigenvalue weighted by Crippen LogP contribution is 2.01. The maximum atomic E-state index is 10.2. The first-order valence-electron chi connectivity index (χ1n) is 3.00. The van der Waals surface area contributed by atoms with Gasteiger partial charge < -0.3 is 9.87 Å². The van der Waals surface area contributed by atoms with Gasteiger partial charge in [0.25, 0.3) is 0 Å². The Morgan fingerprint density at radius 3 is 3.09 bits per heavy atom. The summed E-state index contributed by atoms with van der Waals surface area (Å²) in [6.07, 6.45) is 3.23. The lowest BCUT2D eigenvalue weighted by Crippen LogP contribution is -2.06. The molecule has 5 heteroatoms. The Morgan fingerprint density at radius 1 is 1.73 bits per heavy atom. The lowest BCUT2D eigenvalue weighted by Gasteiger charge is -2.00. The average molecular weight is 172 g/mol. The minimum Gasteiger partial charge on any atom is -0.370 e. The second-order valence-corrected chi connectivity index (χ2v) is 2.82. The van der Waals surface area contributed by atoms with E-state index in [-0.39, 0.29) is 5.88 Å². The summed E-state index contributed by atoms with van der Waals surface area (Å²) < 4.78 is 18.6. The number of nitrogens with one attached hydrogen (secondary N) is 1. The predicted octanol–water partition coefficient (Wildman–Crippen LogP) is 0.673. The molecule has 0 amide bonds. The van der Waals surface area contributed by atoms with Gasteiger partial charge in [-0.05, 0) is 12.1 Å². The van der Waals surface area contributed by atoms with Crippen LogP contribution in [0.5, 0.6) is 0 Å². The van der Waals surface area contributed by atoms with Gasteiger partial charge in [0.1, 0.15) is 5.88 Å². The third-order valence-corrected chi connectivity index (χ3v) is 1.45. The number of anilines is 1. The highest BCUT2D eigenvalue weighted by Gasteiger charge is 1.92. The molecular weight excluding hydrogens is 164 g/mol. The van der Waals surface area contributed by atoms with Gasteiger partial charge in [-0.25, -0.2) is 4.21 Å². The third-order valence-electron chi connectivity index (χ3n) is 1.06. The predicted molar refractivity (Wildman–Crippen MR) is 43.5 cm³/mol. The van der Waals surface area contributed by atoms with Gasteiger partial charge in [0, 0.05) is 12.4 Å². The normalized spacial score (nSPS) is 12.5. The summed E-state index contributed by atoms with van der Waals surface area (Å²) in [7, 11) is 0. The SMILES string of the molecule is O=S(O)CNc1cccnc1. The second-order valence-electron chi connectivity index (χ2n) is 1.88. The van der Waals surface area contributed by atoms with E-state index in [0.717, 1.165) is 5.69 Å². The van der Waals surface area contributed by atoms with E-state index in [0.29, 0.717) is 0 Å². The first-order chi connectivity index (χ1) is 5.29. The molecule has 4 nitrogen and oxygen atoms in total. The number of hydrogen-bond acceptors (Lipinski definition) is 3. The molecule has 0 bridgehead atoms. The van der Waals surface area contributed by atoms with Crippen LogP contribution in [-0.2, 0) is 11.1 Å². The first-order valence-corrected chi connectivity index (χ1v) is 4.28. The zero-order valence-corrected chi connectivity index (χ0v) is 6.54. The van der Waals surface area contributed by atoms with Gasteiger partial charge in [-0.3, -0.25) is 4.98 Å². The quantitative estimate of drug-likeness (QED) is 0.658. The van der Waals surface area contributed by atoms with E-state index in [4.69, 9.17) is 4.55 Å². The van der Waals surface area contributed by atoms with Crippen molar-refractivity contribution in [1.82, 2.24) is 4.98 Å². The van der Waals surface area contributed by atoms with Crippen molar-refractivity contribution in [3.05, 3.63) is 24.5 Å². The van der Waals surface area contributed by atoms with Crippen LogP contribution in [0.15, 0.2) is 24.5 Å². The fraction of sp³-hybridized carbons (Fsp3) is 0.167. The monoisotopic (exact) mass is 172 g/mol. The van der Waals surface area contributed by atoms with Crippen LogP contribution in [0.25, 0.3) is 0 Å². The van der Waals surface area contributed by atoms with E-state index in [1.165, 1.54) is 0 Å². The van der Waals surface area contributed by atoms with Gasteiger partial charge in [-0.1, -0.05) is 0 Å². The van der Waals surface area contributed by atoms with Crippen LogP contribution in [0, 0.1) is 0 Å². The molecule has 60 valence electrons. The van der Waals surface area contributed by atoms with Gasteiger partial charge >= 0.3 is 0 Å². The molecule has 0 spiro atoms. The lowest BCUT2D eigenvalue weighted by atomic mass is 10.4. The fourth-order valence-electron chi connectivity index (χ4n) is 0.612. The topological polar surface area (TPSA) is 62.2 Å². The summed E-state index contributed by atoms with van der Waals surface area (Å²) in [5.74, 6) is 0.0334. The second kappa shape index (κ2) is 4.05. The van der Waals surface area contributed by atoms with E-state index < -0.39 is 11.1 Å². The average Bonchev–Trinajstić information content (AvgIpc) is 2.03. The highest BCUT2D eigenvalue weighted by atomic mass is 32.2. The number of aromatic nitrogens is 1. The highest BCUT2D eigenvalue weighted by molar-refractivity contribution is 7.79. The maximum absolute atomic E-state index is 10.2. The molecule has 1 heterocycles. The minimum absolute atomic E-state index is 0.0334. The van der Waals surface area contributed by atoms with Gasteiger partial charge in [-0.15, -0.1) is 0 Å². The van der Waals surface area contributed by atoms with Gasteiger partial charge in [-0.2, -0.15) is 0 Å². The van der Waals surface area contributed by atoms with Crippen molar-refractivity contribution in [2.75, 3.05) is 11.2 Å². The number of rotatable bonds is 3. The molecule has 0 aliphatic carbocycles. The Balaban J connectivity index is 2.45. The van der Waals surface area contributed by atoms with E-state index in [1.807, 2.05) is 0 Å². The minimum atomic E-state index is -1.80. The van der Waals surface area contributed by atoms with Crippen molar-refractivity contribution in [2.24, 2.45) is 0 Å². The molecular formula is C6H8N2O2S. The van der Waals surface area contributed by atoms with Gasteiger partial charge in [0.2, 0.25) is 0 Å². The summed E-state index contributed by atoms with van der Waals surface area (Å²) in [5, 5.41) is 2.73. The molecule has 1 aromatic rings. The Morgan fingerprint density at radius 2 is 2.55 bits per heavy atom. The molecule has 0 saturated heterocycles. The van der Waals surface area contributed by atoms with Crippen molar-refractivity contribution in [3.8, 4) is 0 Å². The standard InChI is InChI=1S/C6H8N2O2S/c9-11(10)5-8-6-2-1-3-7-4-6/h1-4,8H,5H2,(H,9,10). The molecule has 0 radical (unpaired) electrons. The molecule has 0 aliphatic heterocycles. The lowest BCUT2D eigenvalue weighted by molar-refractivity contribution is 0.566. The van der Waals surface area contributed by atoms with E-state index in [9.17, 15) is 4.21 Å². The molecule has 0 fully saturated rings. The molecule has 0 aromatic carbocycles. The summed E-state index contributed by atoms with van der Waals surface area (Å²) in [5.41, 5.74) is 0.745. The molecule has 0 saturated carbocycles. The number of nitrogens with zero attached hydrogens (tertiary/aromatic N) is 1. The van der Waals surface area contributed by atoms with Crippen LogP contribution in [0.3, 0.4) is 0 Å². The summed E-state index contributed by atoms with van der Waals surface area (Å²) in [6, 6.07) is 3.53. The van der Waals surface area contributed by atoms with E-state index in [2.05, 4.69) is 10.3 Å². The van der Waals surface area contributed by atoms with E-state index >= 15 is 0 Å². The van der Waals surface area contributed by atoms with Gasteiger partial charge in [0.15, 0.2) is 11.1 Å². The zero-order chi connectivity index (χ0) is 8.10. The van der Waals surface area contributed by atoms with Crippen molar-refractivity contribution >= 4 is 16.8 Å². The van der Waals surface area contributed by atoms with Crippen LogP contribution in [0.4, 0.5) is 5.69 Å². The largest absolute Gasteiger partial charge is 0.370 e. The molecule has 11 heavy (non-hydrogen) atoms. The molecule has 0 aliphatic rings. The molecule has 2 N–H and O–H groups in total. The number of pyridine rings is 1. The van der Waals surface area contributed by atoms with Crippen LogP contribution < -0.4 is 5.32 Å². The Bertz CT molecular complexity index is 240. The maximum Gasteiger partial charge on any atom is 0.172 e. The first kappa shape index (κ1) is 8.16. The van der Waals surface area contributed by atoms with Crippen molar-refractivity contribution in [1.29, 1.82) is 0 Å². The number of hydrogen-bond donors (Lipinski definition) is 2. The Hall–Kier alpha value is -0.940. The molecule has 1 rings (SSSR count). The Labute approximate surface area is 66.9 Å². The summed E-state index contributed by atoms with van der Waals surface area (Å²) in [6.45, 7) is 0. The summed E-state index contributed by atoms with van der Waals surface area (Å²) >= 11 is -1.80. The summed E-state index contributed by atoms with van der Waals surface area (Å²) in [4.78, 5) is 3.82. The fourth-order valence-corrected chi connectivity index (χ4v) is 0.903. The van der Waals surface area contributed by atoms with Crippen LogP contribution in [0.2, 0.25) is 0 Å². The van der Waals surface area contributed by atoms with Gasteiger partial charge in [0.05, 0.1) is 5.69 Å². The molecule has 1 aromatic heterocycles. The van der Waals surface area contributed by atoms with Crippen molar-refractivity contribution < 1.29 is 8.76 Å². The van der Waals surface area contributed by atoms with Crippen LogP contribution in [-0.4, -0.2) is 19.6 Å². The smallest absolute Gasteiger partial charge is 0.172 e. The van der Waals surface area contributed by atoms with Crippen molar-refractivity contribution in [3.63, 3.8) is 0 Å². The molecule has 1 unspecified atom stereocenters. The third kappa shape index (κ3) is 3.10. The Kier molecular flexibility index (Phi) is 3.00. The van der Waals surface area contributed by atoms with Crippen LogP contribution in [0.1, 0.15) is 0 Å².